The molecule has 0 amide bonds. The Hall–Kier alpha value is -6.72. The highest BCUT2D eigenvalue weighted by Crippen LogP contribution is 2.37. The SMILES string of the molecule is N=C(/N=C(\N)c1ccccc1)c1cccc(-c2ccc(-n3c4ccccc4c4cc(-c5ccc6oc7ccccc7c6c5)ccc43)cc2)c1. The van der Waals surface area contributed by atoms with Crippen molar-refractivity contribution in [2.45, 2.75) is 0 Å². The highest BCUT2D eigenvalue weighted by Gasteiger charge is 2.15. The summed E-state index contributed by atoms with van der Waals surface area (Å²) in [6.07, 6.45) is 0. The Bertz CT molecular complexity index is 2730. The summed E-state index contributed by atoms with van der Waals surface area (Å²) in [6.45, 7) is 0. The van der Waals surface area contributed by atoms with E-state index in [4.69, 9.17) is 15.6 Å². The molecule has 2 heterocycles. The summed E-state index contributed by atoms with van der Waals surface area (Å²) in [5.74, 6) is 0.453. The zero-order valence-corrected chi connectivity index (χ0v) is 26.5. The quantitative estimate of drug-likeness (QED) is 0.147. The van der Waals surface area contributed by atoms with E-state index in [0.29, 0.717) is 11.4 Å². The number of nitrogens with zero attached hydrogens (tertiary/aromatic N) is 2. The van der Waals surface area contributed by atoms with Crippen molar-refractivity contribution in [1.29, 1.82) is 5.41 Å². The second-order valence-corrected chi connectivity index (χ2v) is 12.2. The van der Waals surface area contributed by atoms with Crippen LogP contribution in [0.15, 0.2) is 173 Å². The fourth-order valence-corrected chi connectivity index (χ4v) is 6.84. The number of aromatic nitrogens is 1. The predicted octanol–water partition coefficient (Wildman–Crippen LogP) is 10.7. The van der Waals surface area contributed by atoms with Crippen LogP contribution in [-0.4, -0.2) is 16.2 Å². The number of fused-ring (bicyclic) bond motifs is 6. The first-order valence-electron chi connectivity index (χ1n) is 16.2. The van der Waals surface area contributed by atoms with Gasteiger partial charge in [-0.25, -0.2) is 4.99 Å². The van der Waals surface area contributed by atoms with E-state index < -0.39 is 0 Å². The van der Waals surface area contributed by atoms with E-state index in [1.807, 2.05) is 60.7 Å². The molecule has 7 aromatic carbocycles. The lowest BCUT2D eigenvalue weighted by atomic mass is 10.0. The average Bonchev–Trinajstić information content (AvgIpc) is 3.70. The van der Waals surface area contributed by atoms with Crippen molar-refractivity contribution in [3.05, 3.63) is 175 Å². The van der Waals surface area contributed by atoms with Crippen LogP contribution in [0.5, 0.6) is 0 Å². The number of benzene rings is 7. The summed E-state index contributed by atoms with van der Waals surface area (Å²) < 4.78 is 8.41. The third-order valence-corrected chi connectivity index (χ3v) is 9.28. The molecule has 2 aromatic heterocycles. The van der Waals surface area contributed by atoms with E-state index in [-0.39, 0.29) is 5.84 Å². The zero-order chi connectivity index (χ0) is 32.9. The number of amidine groups is 2. The monoisotopic (exact) mass is 630 g/mol. The Labute approximate surface area is 282 Å². The van der Waals surface area contributed by atoms with E-state index >= 15 is 0 Å². The van der Waals surface area contributed by atoms with Gasteiger partial charge < -0.3 is 14.7 Å². The highest BCUT2D eigenvalue weighted by molar-refractivity contribution is 6.12. The van der Waals surface area contributed by atoms with Gasteiger partial charge in [0, 0.05) is 38.4 Å². The van der Waals surface area contributed by atoms with E-state index in [9.17, 15) is 0 Å². The van der Waals surface area contributed by atoms with Gasteiger partial charge >= 0.3 is 0 Å². The molecule has 0 atom stereocenters. The topological polar surface area (TPSA) is 80.3 Å². The van der Waals surface area contributed by atoms with Crippen LogP contribution in [0.25, 0.3) is 71.7 Å². The van der Waals surface area contributed by atoms with Crippen molar-refractivity contribution in [1.82, 2.24) is 4.57 Å². The summed E-state index contributed by atoms with van der Waals surface area (Å²) in [4.78, 5) is 4.38. The number of rotatable bonds is 5. The van der Waals surface area contributed by atoms with Gasteiger partial charge in [-0.1, -0.05) is 109 Å². The van der Waals surface area contributed by atoms with Crippen molar-refractivity contribution in [3.63, 3.8) is 0 Å². The summed E-state index contributed by atoms with van der Waals surface area (Å²) in [7, 11) is 0. The minimum Gasteiger partial charge on any atom is -0.456 e. The van der Waals surface area contributed by atoms with Crippen LogP contribution < -0.4 is 5.73 Å². The Morgan fingerprint density at radius 3 is 1.94 bits per heavy atom. The van der Waals surface area contributed by atoms with Gasteiger partial charge in [0.15, 0.2) is 5.84 Å². The Morgan fingerprint density at radius 2 is 1.10 bits per heavy atom. The van der Waals surface area contributed by atoms with Gasteiger partial charge in [0.2, 0.25) is 0 Å². The lowest BCUT2D eigenvalue weighted by Gasteiger charge is -2.10. The van der Waals surface area contributed by atoms with Gasteiger partial charge in [0.1, 0.15) is 17.0 Å². The fraction of sp³-hybridized carbons (Fsp3) is 0. The molecule has 9 rings (SSSR count). The number of aliphatic imine (C=N–C) groups is 1. The molecule has 0 fully saturated rings. The Kier molecular flexibility index (Phi) is 6.69. The molecule has 0 bridgehead atoms. The molecule has 0 unspecified atom stereocenters. The highest BCUT2D eigenvalue weighted by atomic mass is 16.3. The van der Waals surface area contributed by atoms with E-state index in [0.717, 1.165) is 60.9 Å². The number of nitrogens with one attached hydrogen (secondary N) is 1. The van der Waals surface area contributed by atoms with Crippen molar-refractivity contribution >= 4 is 55.4 Å². The minimum atomic E-state index is 0.127. The Balaban J connectivity index is 1.07. The van der Waals surface area contributed by atoms with Crippen LogP contribution in [-0.2, 0) is 0 Å². The van der Waals surface area contributed by atoms with E-state index in [1.165, 1.54) is 16.3 Å². The summed E-state index contributed by atoms with van der Waals surface area (Å²) in [5.41, 5.74) is 17.3. The maximum atomic E-state index is 8.61. The van der Waals surface area contributed by atoms with E-state index in [1.54, 1.807) is 0 Å². The van der Waals surface area contributed by atoms with E-state index in [2.05, 4.69) is 113 Å². The van der Waals surface area contributed by atoms with Crippen LogP contribution in [0.4, 0.5) is 0 Å². The van der Waals surface area contributed by atoms with Gasteiger partial charge in [-0.15, -0.1) is 0 Å². The van der Waals surface area contributed by atoms with Gasteiger partial charge in [0.05, 0.1) is 11.0 Å². The molecular weight excluding hydrogens is 601 g/mol. The number of hydrogen-bond donors (Lipinski definition) is 2. The van der Waals surface area contributed by atoms with Crippen molar-refractivity contribution in [3.8, 4) is 27.9 Å². The smallest absolute Gasteiger partial charge is 0.154 e. The average molecular weight is 631 g/mol. The summed E-state index contributed by atoms with van der Waals surface area (Å²) in [6, 6.07) is 56.0. The Morgan fingerprint density at radius 1 is 0.490 bits per heavy atom. The molecule has 0 spiro atoms. The van der Waals surface area contributed by atoms with Gasteiger partial charge in [0.25, 0.3) is 0 Å². The molecular formula is C44H30N4O. The second-order valence-electron chi connectivity index (χ2n) is 12.2. The molecule has 3 N–H and O–H groups in total. The molecule has 0 saturated heterocycles. The van der Waals surface area contributed by atoms with Crippen LogP contribution in [0.3, 0.4) is 0 Å². The molecule has 0 aliphatic heterocycles. The van der Waals surface area contributed by atoms with Gasteiger partial charge in [-0.05, 0) is 76.9 Å². The lowest BCUT2D eigenvalue weighted by Crippen LogP contribution is -2.15. The summed E-state index contributed by atoms with van der Waals surface area (Å²) in [5, 5.41) is 13.3. The predicted molar refractivity (Wildman–Crippen MR) is 203 cm³/mol. The molecule has 49 heavy (non-hydrogen) atoms. The fourth-order valence-electron chi connectivity index (χ4n) is 6.84. The van der Waals surface area contributed by atoms with Crippen LogP contribution in [0.1, 0.15) is 11.1 Å². The number of hydrogen-bond acceptors (Lipinski definition) is 2. The first kappa shape index (κ1) is 28.5. The van der Waals surface area contributed by atoms with Gasteiger partial charge in [-0.3, -0.25) is 5.41 Å². The number of furan rings is 1. The third-order valence-electron chi connectivity index (χ3n) is 9.28. The van der Waals surface area contributed by atoms with Crippen LogP contribution in [0, 0.1) is 5.41 Å². The van der Waals surface area contributed by atoms with Crippen molar-refractivity contribution in [2.75, 3.05) is 0 Å². The standard InChI is InChI=1S/C44H30N4O/c45-43(29-9-2-1-3-10-29)47-44(46)33-12-8-11-30(25-33)28-17-21-34(22-18-28)48-39-15-6-4-13-35(39)37-26-31(19-23-40(37)48)32-20-24-42-38(27-32)36-14-5-7-16-41(36)49-42/h1-27H,(H3,45,46,47). The maximum Gasteiger partial charge on any atom is 0.154 e. The van der Waals surface area contributed by atoms with Crippen LogP contribution >= 0.6 is 0 Å². The molecule has 0 aliphatic rings. The zero-order valence-electron chi connectivity index (χ0n) is 26.5. The third kappa shape index (κ3) is 4.96. The minimum absolute atomic E-state index is 0.127. The molecule has 0 aliphatic carbocycles. The first-order chi connectivity index (χ1) is 24.1. The van der Waals surface area contributed by atoms with Crippen molar-refractivity contribution in [2.24, 2.45) is 10.7 Å². The maximum absolute atomic E-state index is 8.61. The molecule has 5 nitrogen and oxygen atoms in total. The number of nitrogens with two attached hydrogens (primary N) is 1. The molecule has 5 heteroatoms. The normalized spacial score (nSPS) is 12.0. The first-order valence-corrected chi connectivity index (χ1v) is 16.2. The van der Waals surface area contributed by atoms with Crippen molar-refractivity contribution < 1.29 is 4.42 Å². The lowest BCUT2D eigenvalue weighted by molar-refractivity contribution is 0.669. The largest absolute Gasteiger partial charge is 0.456 e. The van der Waals surface area contributed by atoms with Crippen LogP contribution in [0.2, 0.25) is 0 Å². The van der Waals surface area contributed by atoms with Gasteiger partial charge in [-0.2, -0.15) is 0 Å². The molecule has 0 radical (unpaired) electrons. The second kappa shape index (κ2) is 11.5. The number of para-hydroxylation sites is 2. The summed E-state index contributed by atoms with van der Waals surface area (Å²) >= 11 is 0. The molecule has 0 saturated carbocycles. The molecule has 9 aromatic rings. The molecule has 232 valence electrons.